The van der Waals surface area contributed by atoms with Crippen molar-refractivity contribution in [2.75, 3.05) is 11.5 Å². The van der Waals surface area contributed by atoms with Gasteiger partial charge in [-0.3, -0.25) is 4.79 Å². The molecule has 1 saturated heterocycles. The molecule has 2 N–H and O–H groups in total. The number of thioether (sulfide) groups is 2. The van der Waals surface area contributed by atoms with Crippen molar-refractivity contribution in [1.29, 1.82) is 0 Å². The number of aliphatic hydroxyl groups is 1. The van der Waals surface area contributed by atoms with Crippen LogP contribution in [0, 0.1) is 0 Å². The highest BCUT2D eigenvalue weighted by atomic mass is 127. The van der Waals surface area contributed by atoms with E-state index in [4.69, 9.17) is 4.74 Å². The van der Waals surface area contributed by atoms with Gasteiger partial charge < -0.3 is 24.3 Å². The molecule has 206 valence electrons. The van der Waals surface area contributed by atoms with Crippen LogP contribution in [0.5, 0.6) is 0 Å². The first-order valence-corrected chi connectivity index (χ1v) is 17.3. The van der Waals surface area contributed by atoms with Crippen molar-refractivity contribution >= 4 is 95.6 Å². The smallest absolute Gasteiger partial charge is 0.252 e. The standard InChI is InChI=1S/C31H30IN3O3S2/c1-4-39-14-16-6-8-21-18(10-16)25-26-20(13-33-29(26)36)24-19-11-17(15-40-5-2)7-9-22(19)35-28(24)27(25)34(21)23-12-31(32,37)30(35,3)38-23/h6-11,23,37H,4-5,12-15H2,1-3H3,(H,33,36)/t23-,30+,31-/m1/s1. The first-order valence-electron chi connectivity index (χ1n) is 13.9. The Morgan fingerprint density at radius 2 is 1.68 bits per heavy atom. The Morgan fingerprint density at radius 3 is 2.35 bits per heavy atom. The van der Waals surface area contributed by atoms with E-state index in [2.05, 4.69) is 87.3 Å². The molecule has 0 saturated carbocycles. The number of rotatable bonds is 6. The number of nitrogens with zero attached hydrogens (tertiary/aromatic N) is 2. The summed E-state index contributed by atoms with van der Waals surface area (Å²) in [4.78, 5) is 13.6. The molecule has 2 aromatic heterocycles. The van der Waals surface area contributed by atoms with E-state index in [9.17, 15) is 9.90 Å². The largest absolute Gasteiger partial charge is 0.374 e. The molecule has 6 nitrogen and oxygen atoms in total. The zero-order valence-corrected chi connectivity index (χ0v) is 26.4. The molecule has 5 aromatic rings. The van der Waals surface area contributed by atoms with Crippen LogP contribution in [-0.2, 0) is 28.5 Å². The van der Waals surface area contributed by atoms with Gasteiger partial charge in [0.15, 0.2) is 9.33 Å². The van der Waals surface area contributed by atoms with Gasteiger partial charge in [-0.1, -0.05) is 26.0 Å². The van der Waals surface area contributed by atoms with Crippen molar-refractivity contribution < 1.29 is 14.6 Å². The molecular weight excluding hydrogens is 653 g/mol. The number of nitrogens with one attached hydrogen (secondary N) is 1. The average molecular weight is 684 g/mol. The summed E-state index contributed by atoms with van der Waals surface area (Å²) in [6, 6.07) is 13.4. The van der Waals surface area contributed by atoms with E-state index < -0.39 is 9.33 Å². The van der Waals surface area contributed by atoms with Crippen LogP contribution < -0.4 is 5.32 Å². The lowest BCUT2D eigenvalue weighted by atomic mass is 9.96. The predicted octanol–water partition coefficient (Wildman–Crippen LogP) is 7.38. The molecule has 9 heteroatoms. The average Bonchev–Trinajstić information content (AvgIpc) is 3.62. The van der Waals surface area contributed by atoms with E-state index in [0.717, 1.165) is 77.8 Å². The summed E-state index contributed by atoms with van der Waals surface area (Å²) in [6.07, 6.45) is 0.0922. The fraction of sp³-hybridized carbons (Fsp3) is 0.387. The minimum atomic E-state index is -1.13. The minimum Gasteiger partial charge on any atom is -0.374 e. The van der Waals surface area contributed by atoms with E-state index in [1.807, 2.05) is 30.4 Å². The summed E-state index contributed by atoms with van der Waals surface area (Å²) in [5.41, 5.74) is 7.57. The molecule has 40 heavy (non-hydrogen) atoms. The summed E-state index contributed by atoms with van der Waals surface area (Å²) in [5.74, 6) is 3.98. The van der Waals surface area contributed by atoms with Crippen LogP contribution >= 0.6 is 46.1 Å². The lowest BCUT2D eigenvalue weighted by Gasteiger charge is -2.36. The van der Waals surface area contributed by atoms with Gasteiger partial charge in [0.25, 0.3) is 5.91 Å². The SMILES string of the molecule is CCSCc1ccc2c(c1)c1c3c(c4c5cc(CSCC)ccc5n5c4c1n2[C@H]1C[C@](O)(I)[C@]5(C)O1)CNC3=O. The summed E-state index contributed by atoms with van der Waals surface area (Å²) in [6.45, 7) is 6.89. The molecule has 8 rings (SSSR count). The molecule has 0 spiro atoms. The van der Waals surface area contributed by atoms with E-state index in [1.54, 1.807) is 0 Å². The molecular formula is C31H30IN3O3S2. The van der Waals surface area contributed by atoms with Gasteiger partial charge in [-0.05, 0) is 82.0 Å². The van der Waals surface area contributed by atoms with Crippen molar-refractivity contribution in [1.82, 2.24) is 14.5 Å². The second-order valence-corrected chi connectivity index (χ2v) is 15.5. The van der Waals surface area contributed by atoms with Crippen LogP contribution in [0.3, 0.4) is 0 Å². The monoisotopic (exact) mass is 683 g/mol. The van der Waals surface area contributed by atoms with Gasteiger partial charge in [0.2, 0.25) is 0 Å². The highest BCUT2D eigenvalue weighted by Gasteiger charge is 2.59. The van der Waals surface area contributed by atoms with Crippen molar-refractivity contribution in [3.05, 3.63) is 58.7 Å². The second kappa shape index (κ2) is 8.80. The lowest BCUT2D eigenvalue weighted by Crippen LogP contribution is -2.45. The van der Waals surface area contributed by atoms with Gasteiger partial charge in [0, 0.05) is 46.0 Å². The van der Waals surface area contributed by atoms with Gasteiger partial charge in [0.1, 0.15) is 6.23 Å². The number of ether oxygens (including phenoxy) is 1. The normalized spacial score (nSPS) is 25.1. The number of carbonyl (C=O) groups excluding carboxylic acids is 1. The Bertz CT molecular complexity index is 1930. The van der Waals surface area contributed by atoms with Crippen molar-refractivity contribution in [3.8, 4) is 0 Å². The zero-order chi connectivity index (χ0) is 27.6. The van der Waals surface area contributed by atoms with E-state index in [1.165, 1.54) is 11.1 Å². The number of hydrogen-bond acceptors (Lipinski definition) is 5. The number of halogens is 1. The third kappa shape index (κ3) is 3.18. The van der Waals surface area contributed by atoms with E-state index in [-0.39, 0.29) is 12.1 Å². The van der Waals surface area contributed by atoms with E-state index in [0.29, 0.717) is 13.0 Å². The van der Waals surface area contributed by atoms with Crippen LogP contribution in [-0.4, -0.2) is 35.3 Å². The van der Waals surface area contributed by atoms with E-state index >= 15 is 0 Å². The summed E-state index contributed by atoms with van der Waals surface area (Å²) >= 11 is 6.00. The van der Waals surface area contributed by atoms with Crippen molar-refractivity contribution in [3.63, 3.8) is 0 Å². The van der Waals surface area contributed by atoms with Crippen molar-refractivity contribution in [2.45, 2.75) is 60.8 Å². The zero-order valence-electron chi connectivity index (χ0n) is 22.6. The molecule has 0 aliphatic carbocycles. The third-order valence-corrected chi connectivity index (χ3v) is 12.3. The van der Waals surface area contributed by atoms with Gasteiger partial charge in [-0.15, -0.1) is 0 Å². The molecule has 0 radical (unpaired) electrons. The maximum absolute atomic E-state index is 13.6. The van der Waals surface area contributed by atoms with Crippen LogP contribution in [0.2, 0.25) is 0 Å². The predicted molar refractivity (Wildman–Crippen MR) is 175 cm³/mol. The highest BCUT2D eigenvalue weighted by molar-refractivity contribution is 14.1. The Labute approximate surface area is 254 Å². The van der Waals surface area contributed by atoms with Crippen LogP contribution in [0.25, 0.3) is 43.6 Å². The first-order chi connectivity index (χ1) is 19.3. The van der Waals surface area contributed by atoms with Gasteiger partial charge in [-0.25, -0.2) is 0 Å². The lowest BCUT2D eigenvalue weighted by molar-refractivity contribution is -0.140. The quantitative estimate of drug-likeness (QED) is 0.145. The number of hydrogen-bond donors (Lipinski definition) is 2. The maximum Gasteiger partial charge on any atom is 0.252 e. The topological polar surface area (TPSA) is 68.4 Å². The fourth-order valence-corrected chi connectivity index (χ4v) is 9.21. The Hall–Kier alpha value is -1.92. The maximum atomic E-state index is 13.6. The summed E-state index contributed by atoms with van der Waals surface area (Å²) in [5, 5.41) is 19.5. The molecule has 0 unspecified atom stereocenters. The molecule has 3 aromatic carbocycles. The minimum absolute atomic E-state index is 0.00480. The van der Waals surface area contributed by atoms with Crippen LogP contribution in [0.4, 0.5) is 0 Å². The molecule has 5 heterocycles. The first kappa shape index (κ1) is 25.8. The fourth-order valence-electron chi connectivity index (χ4n) is 7.22. The molecule has 3 aliphatic heterocycles. The summed E-state index contributed by atoms with van der Waals surface area (Å²) in [7, 11) is 0. The molecule has 1 fully saturated rings. The van der Waals surface area contributed by atoms with Crippen LogP contribution in [0.15, 0.2) is 36.4 Å². The highest BCUT2D eigenvalue weighted by Crippen LogP contribution is 2.59. The number of aromatic nitrogens is 2. The Kier molecular flexibility index (Phi) is 5.67. The molecule has 1 amide bonds. The van der Waals surface area contributed by atoms with Crippen molar-refractivity contribution in [2.24, 2.45) is 0 Å². The van der Waals surface area contributed by atoms with Gasteiger partial charge in [0.05, 0.1) is 27.6 Å². The van der Waals surface area contributed by atoms with Gasteiger partial charge in [-0.2, -0.15) is 23.5 Å². The number of benzene rings is 3. The molecule has 3 atom stereocenters. The second-order valence-electron chi connectivity index (χ2n) is 11.2. The third-order valence-electron chi connectivity index (χ3n) is 9.01. The van der Waals surface area contributed by atoms with Gasteiger partial charge >= 0.3 is 0 Å². The number of fused-ring (bicyclic) bond motifs is 13. The summed E-state index contributed by atoms with van der Waals surface area (Å²) < 4.78 is 10.3. The number of amides is 1. The number of carbonyl (C=O) groups is 1. The molecule has 3 aliphatic rings. The Balaban J connectivity index is 1.61. The Morgan fingerprint density at radius 1 is 1.02 bits per heavy atom. The van der Waals surface area contributed by atoms with Crippen LogP contribution in [0.1, 0.15) is 60.5 Å². The molecule has 2 bridgehead atoms. The number of alkyl halides is 1.